The minimum atomic E-state index is -0.457. The molecule has 1 unspecified atom stereocenters. The summed E-state index contributed by atoms with van der Waals surface area (Å²) >= 11 is 5.93. The van der Waals surface area contributed by atoms with Gasteiger partial charge in [0, 0.05) is 12.6 Å². The molecule has 0 aliphatic heterocycles. The second kappa shape index (κ2) is 5.54. The van der Waals surface area contributed by atoms with Gasteiger partial charge in [0.05, 0.1) is 12.4 Å². The van der Waals surface area contributed by atoms with Crippen LogP contribution in [0, 0.1) is 0 Å². The Kier molecular flexibility index (Phi) is 3.76. The van der Waals surface area contributed by atoms with E-state index in [1.165, 1.54) is 12.8 Å². The van der Waals surface area contributed by atoms with Gasteiger partial charge in [-0.15, -0.1) is 0 Å². The molecule has 3 rings (SSSR count). The number of halogens is 1. The van der Waals surface area contributed by atoms with Crippen LogP contribution in [0.4, 0.5) is 5.82 Å². The van der Waals surface area contributed by atoms with Crippen molar-refractivity contribution in [2.24, 2.45) is 0 Å². The van der Waals surface area contributed by atoms with Gasteiger partial charge in [0.2, 0.25) is 5.28 Å². The average Bonchev–Trinajstić information content (AvgIpc) is 3.03. The Morgan fingerprint density at radius 1 is 1.45 bits per heavy atom. The van der Waals surface area contributed by atoms with Crippen LogP contribution >= 0.6 is 11.6 Å². The Labute approximate surface area is 122 Å². The molecule has 0 radical (unpaired) electrons. The Balaban J connectivity index is 2.03. The maximum atomic E-state index is 9.43. The lowest BCUT2D eigenvalue weighted by molar-refractivity contribution is 0.208. The number of aromatic nitrogens is 4. The number of rotatable bonds is 4. The number of anilines is 1. The molecule has 1 aliphatic carbocycles. The molecule has 20 heavy (non-hydrogen) atoms. The summed E-state index contributed by atoms with van der Waals surface area (Å²) in [6.07, 6.45) is 6.17. The molecule has 2 aromatic heterocycles. The summed E-state index contributed by atoms with van der Waals surface area (Å²) in [7, 11) is 0. The fraction of sp³-hybridized carbons (Fsp3) is 0.615. The first-order valence-electron chi connectivity index (χ1n) is 6.97. The number of aliphatic hydroxyl groups excluding tert-OH is 1. The van der Waals surface area contributed by atoms with E-state index in [-0.39, 0.29) is 5.28 Å². The topological polar surface area (TPSA) is 75.9 Å². The quantitative estimate of drug-likeness (QED) is 0.847. The molecule has 1 atom stereocenters. The molecule has 1 saturated carbocycles. The van der Waals surface area contributed by atoms with E-state index in [0.29, 0.717) is 24.1 Å². The molecule has 2 aromatic rings. The molecule has 0 saturated heterocycles. The standard InChI is InChI=1S/C13H18ClN5O/c1-8(20)6-15-11-10-12(18-13(14)17-11)16-7-19(10)9-4-2-3-5-9/h7-9,20H,2-6H2,1H3,(H,15,17,18). The number of nitrogens with one attached hydrogen (secondary N) is 1. The second-order valence-electron chi connectivity index (χ2n) is 5.33. The fourth-order valence-electron chi connectivity index (χ4n) is 2.75. The van der Waals surface area contributed by atoms with Gasteiger partial charge < -0.3 is 15.0 Å². The van der Waals surface area contributed by atoms with Crippen LogP contribution in [0.5, 0.6) is 0 Å². The Morgan fingerprint density at radius 2 is 2.20 bits per heavy atom. The molecule has 6 nitrogen and oxygen atoms in total. The maximum absolute atomic E-state index is 9.43. The monoisotopic (exact) mass is 295 g/mol. The summed E-state index contributed by atoms with van der Waals surface area (Å²) in [5, 5.41) is 12.7. The van der Waals surface area contributed by atoms with Gasteiger partial charge >= 0.3 is 0 Å². The molecule has 0 spiro atoms. The number of aliphatic hydroxyl groups is 1. The van der Waals surface area contributed by atoms with Gasteiger partial charge in [-0.2, -0.15) is 9.97 Å². The van der Waals surface area contributed by atoms with Crippen molar-refractivity contribution in [1.82, 2.24) is 19.5 Å². The molecular weight excluding hydrogens is 278 g/mol. The van der Waals surface area contributed by atoms with E-state index in [0.717, 1.165) is 18.4 Å². The molecule has 0 aromatic carbocycles. The van der Waals surface area contributed by atoms with Crippen molar-refractivity contribution in [1.29, 1.82) is 0 Å². The van der Waals surface area contributed by atoms with Gasteiger partial charge in [-0.25, -0.2) is 4.98 Å². The third-order valence-electron chi connectivity index (χ3n) is 3.68. The minimum absolute atomic E-state index is 0.169. The van der Waals surface area contributed by atoms with Crippen molar-refractivity contribution in [2.75, 3.05) is 11.9 Å². The van der Waals surface area contributed by atoms with Crippen LogP contribution < -0.4 is 5.32 Å². The van der Waals surface area contributed by atoms with Gasteiger partial charge in [-0.3, -0.25) is 0 Å². The van der Waals surface area contributed by atoms with Crippen LogP contribution in [0.15, 0.2) is 6.33 Å². The third kappa shape index (κ3) is 2.58. The molecular formula is C13H18ClN5O. The molecule has 1 fully saturated rings. The third-order valence-corrected chi connectivity index (χ3v) is 3.85. The molecule has 0 amide bonds. The summed E-state index contributed by atoms with van der Waals surface area (Å²) in [4.78, 5) is 12.8. The number of nitrogens with zero attached hydrogens (tertiary/aromatic N) is 4. The Hall–Kier alpha value is -1.40. The normalized spacial score (nSPS) is 17.8. The van der Waals surface area contributed by atoms with Gasteiger partial charge in [0.15, 0.2) is 11.5 Å². The summed E-state index contributed by atoms with van der Waals surface area (Å²) in [5.41, 5.74) is 1.48. The zero-order chi connectivity index (χ0) is 14.1. The summed E-state index contributed by atoms with van der Waals surface area (Å²) in [5.74, 6) is 0.644. The van der Waals surface area contributed by atoms with E-state index >= 15 is 0 Å². The highest BCUT2D eigenvalue weighted by molar-refractivity contribution is 6.28. The van der Waals surface area contributed by atoms with Gasteiger partial charge in [-0.05, 0) is 31.4 Å². The van der Waals surface area contributed by atoms with E-state index in [1.807, 2.05) is 6.33 Å². The van der Waals surface area contributed by atoms with Crippen LogP contribution in [0.25, 0.3) is 11.2 Å². The lowest BCUT2D eigenvalue weighted by atomic mass is 10.2. The summed E-state index contributed by atoms with van der Waals surface area (Å²) < 4.78 is 2.14. The van der Waals surface area contributed by atoms with E-state index in [4.69, 9.17) is 11.6 Å². The van der Waals surface area contributed by atoms with Crippen molar-refractivity contribution in [2.45, 2.75) is 44.8 Å². The van der Waals surface area contributed by atoms with Crippen molar-refractivity contribution >= 4 is 28.6 Å². The van der Waals surface area contributed by atoms with E-state index in [9.17, 15) is 5.11 Å². The first kappa shape index (κ1) is 13.6. The molecule has 7 heteroatoms. The molecule has 1 aliphatic rings. The Bertz CT molecular complexity index is 606. The largest absolute Gasteiger partial charge is 0.392 e. The summed E-state index contributed by atoms with van der Waals surface area (Å²) in [6, 6.07) is 0.455. The number of hydrogen-bond acceptors (Lipinski definition) is 5. The van der Waals surface area contributed by atoms with Crippen molar-refractivity contribution < 1.29 is 5.11 Å². The zero-order valence-corrected chi connectivity index (χ0v) is 12.1. The van der Waals surface area contributed by atoms with Gasteiger partial charge in [0.1, 0.15) is 5.52 Å². The predicted octanol–water partition coefficient (Wildman–Crippen LogP) is 2.39. The number of hydrogen-bond donors (Lipinski definition) is 2. The molecule has 108 valence electrons. The number of imidazole rings is 1. The highest BCUT2D eigenvalue weighted by Crippen LogP contribution is 2.33. The van der Waals surface area contributed by atoms with Gasteiger partial charge in [0.25, 0.3) is 0 Å². The average molecular weight is 296 g/mol. The zero-order valence-electron chi connectivity index (χ0n) is 11.4. The van der Waals surface area contributed by atoms with Gasteiger partial charge in [-0.1, -0.05) is 12.8 Å². The fourth-order valence-corrected chi connectivity index (χ4v) is 2.91. The SMILES string of the molecule is CC(O)CNc1nc(Cl)nc2ncn(C3CCCC3)c12. The lowest BCUT2D eigenvalue weighted by Gasteiger charge is -2.15. The maximum Gasteiger partial charge on any atom is 0.226 e. The van der Waals surface area contributed by atoms with E-state index in [1.54, 1.807) is 6.92 Å². The van der Waals surface area contributed by atoms with Crippen LogP contribution in [0.3, 0.4) is 0 Å². The highest BCUT2D eigenvalue weighted by Gasteiger charge is 2.22. The Morgan fingerprint density at radius 3 is 2.90 bits per heavy atom. The van der Waals surface area contributed by atoms with Crippen molar-refractivity contribution in [3.63, 3.8) is 0 Å². The van der Waals surface area contributed by atoms with Crippen LogP contribution in [0.1, 0.15) is 38.6 Å². The minimum Gasteiger partial charge on any atom is -0.392 e. The predicted molar refractivity (Wildman–Crippen MR) is 78.0 cm³/mol. The first-order chi connectivity index (χ1) is 9.65. The van der Waals surface area contributed by atoms with Crippen LogP contribution in [-0.2, 0) is 0 Å². The molecule has 0 bridgehead atoms. The second-order valence-corrected chi connectivity index (χ2v) is 5.67. The lowest BCUT2D eigenvalue weighted by Crippen LogP contribution is -2.17. The summed E-state index contributed by atoms with van der Waals surface area (Å²) in [6.45, 7) is 2.14. The van der Waals surface area contributed by atoms with E-state index in [2.05, 4.69) is 24.8 Å². The van der Waals surface area contributed by atoms with Crippen LogP contribution in [0.2, 0.25) is 5.28 Å². The first-order valence-corrected chi connectivity index (χ1v) is 7.35. The van der Waals surface area contributed by atoms with Crippen molar-refractivity contribution in [3.8, 4) is 0 Å². The molecule has 2 heterocycles. The van der Waals surface area contributed by atoms with Crippen LogP contribution in [-0.4, -0.2) is 37.3 Å². The number of fused-ring (bicyclic) bond motifs is 1. The highest BCUT2D eigenvalue weighted by atomic mass is 35.5. The van der Waals surface area contributed by atoms with E-state index < -0.39 is 6.10 Å². The van der Waals surface area contributed by atoms with Crippen molar-refractivity contribution in [3.05, 3.63) is 11.6 Å². The smallest absolute Gasteiger partial charge is 0.226 e. The molecule has 2 N–H and O–H groups in total.